The summed E-state index contributed by atoms with van der Waals surface area (Å²) in [6.45, 7) is 11.6. The highest BCUT2D eigenvalue weighted by Crippen LogP contribution is 2.53. The number of rotatable bonds is 5. The molecule has 8 nitrogen and oxygen atoms in total. The fraction of sp³-hybridized carbons (Fsp3) is 0.536. The van der Waals surface area contributed by atoms with Crippen molar-refractivity contribution in [3.63, 3.8) is 0 Å². The summed E-state index contributed by atoms with van der Waals surface area (Å²) < 4.78 is 7.83. The number of carbonyl (C=O) groups is 1. The summed E-state index contributed by atoms with van der Waals surface area (Å²) >= 11 is 1.95. The number of thiophene rings is 1. The van der Waals surface area contributed by atoms with Gasteiger partial charge in [0.05, 0.1) is 25.5 Å². The third-order valence-electron chi connectivity index (χ3n) is 8.87. The minimum Gasteiger partial charge on any atom is -0.372 e. The number of nitrogens with one attached hydrogen (secondary N) is 2. The number of likely N-dealkylation sites (tertiary alicyclic amines) is 1. The summed E-state index contributed by atoms with van der Waals surface area (Å²) in [5, 5.41) is 8.82. The lowest BCUT2D eigenvalue weighted by Crippen LogP contribution is -2.41. The van der Waals surface area contributed by atoms with Crippen LogP contribution in [0, 0.1) is 19.8 Å². The largest absolute Gasteiger partial charge is 0.372 e. The van der Waals surface area contributed by atoms with Crippen molar-refractivity contribution >= 4 is 33.1 Å². The van der Waals surface area contributed by atoms with Crippen molar-refractivity contribution < 1.29 is 9.53 Å². The third-order valence-corrected chi connectivity index (χ3v) is 10.2. The number of piperidine rings is 1. The van der Waals surface area contributed by atoms with Gasteiger partial charge < -0.3 is 15.0 Å². The van der Waals surface area contributed by atoms with E-state index in [0.717, 1.165) is 30.0 Å². The maximum absolute atomic E-state index is 12.0. The fourth-order valence-corrected chi connectivity index (χ4v) is 8.66. The van der Waals surface area contributed by atoms with E-state index in [4.69, 9.17) is 4.74 Å². The summed E-state index contributed by atoms with van der Waals surface area (Å²) in [6.07, 6.45) is 4.50. The quantitative estimate of drug-likeness (QED) is 0.402. The average molecular weight is 519 g/mol. The van der Waals surface area contributed by atoms with Gasteiger partial charge in [0.25, 0.3) is 0 Å². The van der Waals surface area contributed by atoms with E-state index in [2.05, 4.69) is 52.3 Å². The number of pyridine rings is 1. The number of hydrogen-bond acceptors (Lipinski definition) is 6. The van der Waals surface area contributed by atoms with Gasteiger partial charge in [-0.1, -0.05) is 13.8 Å². The van der Waals surface area contributed by atoms with Crippen LogP contribution in [0.1, 0.15) is 71.5 Å². The summed E-state index contributed by atoms with van der Waals surface area (Å²) in [6, 6.07) is 0.521. The number of aromatic nitrogens is 4. The smallest absolute Gasteiger partial charge is 0.233 e. The van der Waals surface area contributed by atoms with E-state index in [0.29, 0.717) is 43.6 Å². The molecule has 2 fully saturated rings. The second-order valence-corrected chi connectivity index (χ2v) is 12.4. The predicted molar refractivity (Wildman–Crippen MR) is 145 cm³/mol. The molecule has 0 unspecified atom stereocenters. The van der Waals surface area contributed by atoms with Crippen molar-refractivity contribution in [1.29, 1.82) is 0 Å². The fourth-order valence-electron chi connectivity index (χ4n) is 7.23. The number of aromatic amines is 1. The molecule has 1 saturated carbocycles. The van der Waals surface area contributed by atoms with Crippen LogP contribution in [0.25, 0.3) is 27.1 Å². The first-order valence-electron chi connectivity index (χ1n) is 13.4. The summed E-state index contributed by atoms with van der Waals surface area (Å²) in [7, 11) is 1.73. The van der Waals surface area contributed by atoms with E-state index in [-0.39, 0.29) is 5.91 Å². The maximum Gasteiger partial charge on any atom is 0.233 e. The Morgan fingerprint density at radius 2 is 2.08 bits per heavy atom. The van der Waals surface area contributed by atoms with Crippen LogP contribution in [0.5, 0.6) is 0 Å². The van der Waals surface area contributed by atoms with Gasteiger partial charge in [-0.2, -0.15) is 5.10 Å². The molecule has 0 aromatic carbocycles. The van der Waals surface area contributed by atoms with Crippen LogP contribution >= 0.6 is 11.3 Å². The molecule has 2 bridgehead atoms. The second-order valence-electron chi connectivity index (χ2n) is 11.4. The molecule has 6 heterocycles. The van der Waals surface area contributed by atoms with Gasteiger partial charge in [0.15, 0.2) is 5.65 Å². The number of amides is 1. The van der Waals surface area contributed by atoms with E-state index in [1.165, 1.54) is 49.5 Å². The van der Waals surface area contributed by atoms with Crippen molar-refractivity contribution in [3.05, 3.63) is 39.2 Å². The number of H-pyrrole nitrogens is 1. The minimum absolute atomic E-state index is 0.120. The van der Waals surface area contributed by atoms with Crippen molar-refractivity contribution in [3.8, 4) is 11.3 Å². The van der Waals surface area contributed by atoms with Crippen LogP contribution in [-0.4, -0.2) is 56.6 Å². The Bertz CT molecular complexity index is 1560. The van der Waals surface area contributed by atoms with Gasteiger partial charge in [0.2, 0.25) is 5.91 Å². The van der Waals surface area contributed by atoms with Gasteiger partial charge in [0, 0.05) is 47.2 Å². The van der Waals surface area contributed by atoms with Crippen molar-refractivity contribution in [2.45, 2.75) is 71.6 Å². The van der Waals surface area contributed by atoms with Crippen molar-refractivity contribution in [1.82, 2.24) is 29.8 Å². The number of likely N-dealkylation sites (N-methyl/N-ethyl adjacent to an activating group) is 1. The molecule has 4 aromatic rings. The molecule has 2 aliphatic heterocycles. The van der Waals surface area contributed by atoms with E-state index in [1.54, 1.807) is 7.05 Å². The summed E-state index contributed by atoms with van der Waals surface area (Å²) in [5.74, 6) is 2.50. The lowest BCUT2D eigenvalue weighted by molar-refractivity contribution is -0.122. The molecule has 4 aromatic heterocycles. The Morgan fingerprint density at radius 3 is 2.81 bits per heavy atom. The lowest BCUT2D eigenvalue weighted by atomic mass is 9.88. The van der Waals surface area contributed by atoms with Crippen molar-refractivity contribution in [2.75, 3.05) is 20.1 Å². The maximum atomic E-state index is 12.0. The first-order chi connectivity index (χ1) is 17.8. The molecular weight excluding hydrogens is 484 g/mol. The Kier molecular flexibility index (Phi) is 5.29. The highest BCUT2D eigenvalue weighted by molar-refractivity contribution is 7.19. The van der Waals surface area contributed by atoms with Crippen LogP contribution in [0.4, 0.5) is 0 Å². The van der Waals surface area contributed by atoms with Crippen LogP contribution < -0.4 is 5.32 Å². The van der Waals surface area contributed by atoms with Crippen LogP contribution in [-0.2, 0) is 22.7 Å². The van der Waals surface area contributed by atoms with Gasteiger partial charge in [-0.15, -0.1) is 11.3 Å². The average Bonchev–Trinajstić information content (AvgIpc) is 3.68. The number of fused-ring (bicyclic) bond motifs is 6. The highest BCUT2D eigenvalue weighted by Gasteiger charge is 2.46. The van der Waals surface area contributed by atoms with Crippen LogP contribution in [0.2, 0.25) is 0 Å². The van der Waals surface area contributed by atoms with Crippen molar-refractivity contribution in [2.24, 2.45) is 5.92 Å². The molecule has 7 rings (SSSR count). The Hall–Kier alpha value is -2.75. The molecule has 1 amide bonds. The van der Waals surface area contributed by atoms with Crippen LogP contribution in [0.3, 0.4) is 0 Å². The number of hydrogen-bond donors (Lipinski definition) is 2. The molecule has 194 valence electrons. The first kappa shape index (κ1) is 23.4. The zero-order valence-electron chi connectivity index (χ0n) is 22.1. The Morgan fingerprint density at radius 1 is 1.27 bits per heavy atom. The number of ether oxygens (including phenoxy) is 1. The molecule has 0 spiro atoms. The summed E-state index contributed by atoms with van der Waals surface area (Å²) in [5.41, 5.74) is 8.52. The molecule has 37 heavy (non-hydrogen) atoms. The SMILES string of the molecule is CNC(=O)CN1C[C@@H]2C[C@H]1C[C@H]2c1sc2[nH]c(-c3cn4nc(C)nc4c4c3COC4)c(C(C)C)c2c1C. The molecule has 3 atom stereocenters. The van der Waals surface area contributed by atoms with E-state index >= 15 is 0 Å². The molecule has 1 saturated heterocycles. The predicted octanol–water partition coefficient (Wildman–Crippen LogP) is 4.63. The zero-order valence-corrected chi connectivity index (χ0v) is 23.0. The van der Waals surface area contributed by atoms with Gasteiger partial charge in [0.1, 0.15) is 10.7 Å². The molecule has 0 radical (unpaired) electrons. The van der Waals surface area contributed by atoms with Gasteiger partial charge >= 0.3 is 0 Å². The van der Waals surface area contributed by atoms with Gasteiger partial charge in [-0.25, -0.2) is 9.50 Å². The highest BCUT2D eigenvalue weighted by atomic mass is 32.1. The third kappa shape index (κ3) is 3.43. The molecule has 2 N–H and O–H groups in total. The number of carbonyl (C=O) groups excluding carboxylic acids is 1. The lowest BCUT2D eigenvalue weighted by Gasteiger charge is -2.30. The topological polar surface area (TPSA) is 87.6 Å². The normalized spacial score (nSPS) is 23.2. The molecular formula is C28H34N6O2S. The van der Waals surface area contributed by atoms with E-state index in [9.17, 15) is 4.79 Å². The monoisotopic (exact) mass is 518 g/mol. The van der Waals surface area contributed by atoms with Crippen LogP contribution in [0.15, 0.2) is 6.20 Å². The zero-order chi connectivity index (χ0) is 25.6. The number of aryl methyl sites for hydroxylation is 2. The standard InChI is InChI=1S/C28H34N6O2S/c1-13(2)23-24-14(3)26(18-7-17-6-16(18)8-33(17)10-22(35)29-5)37-28(24)31-25(23)19-9-34-27(30-15(4)32-34)21-12-36-11-20(19)21/h9,13,16-18,31H,6-8,10-12H2,1-5H3,(H,29,35)/t16-,17-,18+/m0/s1. The molecule has 9 heteroatoms. The Labute approximate surface area is 220 Å². The molecule has 1 aliphatic carbocycles. The van der Waals surface area contributed by atoms with Gasteiger partial charge in [-0.05, 0) is 61.1 Å². The van der Waals surface area contributed by atoms with Gasteiger partial charge in [-0.3, -0.25) is 9.69 Å². The summed E-state index contributed by atoms with van der Waals surface area (Å²) in [4.78, 5) is 25.7. The molecule has 3 aliphatic rings. The second kappa shape index (κ2) is 8.38. The van der Waals surface area contributed by atoms with E-state index < -0.39 is 0 Å². The van der Waals surface area contributed by atoms with E-state index in [1.807, 2.05) is 22.8 Å². The minimum atomic E-state index is 0.120. The number of nitrogens with zero attached hydrogens (tertiary/aromatic N) is 4. The first-order valence-corrected chi connectivity index (χ1v) is 14.2. The Balaban J connectivity index is 1.30.